The molecular weight excluding hydrogens is 314 g/mol. The van der Waals surface area contributed by atoms with E-state index in [4.69, 9.17) is 20.9 Å². The molecule has 1 aliphatic heterocycles. The van der Waals surface area contributed by atoms with Crippen LogP contribution >= 0.6 is 0 Å². The minimum absolute atomic E-state index is 0.191. The summed E-state index contributed by atoms with van der Waals surface area (Å²) < 4.78 is 11.7. The van der Waals surface area contributed by atoms with Crippen molar-refractivity contribution in [2.75, 3.05) is 12.3 Å². The summed E-state index contributed by atoms with van der Waals surface area (Å²) in [5.41, 5.74) is 14.8. The molecular formula is C20H29N3O2. The molecule has 5 nitrogen and oxygen atoms in total. The van der Waals surface area contributed by atoms with Gasteiger partial charge in [-0.1, -0.05) is 20.8 Å². The molecule has 2 aromatic rings. The van der Waals surface area contributed by atoms with Gasteiger partial charge in [-0.3, -0.25) is 0 Å². The van der Waals surface area contributed by atoms with Gasteiger partial charge in [-0.05, 0) is 43.0 Å². The summed E-state index contributed by atoms with van der Waals surface area (Å²) in [6.45, 7) is 9.31. The van der Waals surface area contributed by atoms with Crippen LogP contribution in [0.3, 0.4) is 0 Å². The zero-order chi connectivity index (χ0) is 18.4. The van der Waals surface area contributed by atoms with Crippen LogP contribution in [0.5, 0.6) is 11.5 Å². The first-order valence-corrected chi connectivity index (χ1v) is 8.93. The predicted octanol–water partition coefficient (Wildman–Crippen LogP) is 4.00. The van der Waals surface area contributed by atoms with E-state index in [9.17, 15) is 0 Å². The summed E-state index contributed by atoms with van der Waals surface area (Å²) in [5.74, 6) is 2.56. The second kappa shape index (κ2) is 8.72. The fourth-order valence-electron chi connectivity index (χ4n) is 2.90. The van der Waals surface area contributed by atoms with Crippen LogP contribution in [0, 0.1) is 5.92 Å². The standard InChI is InChI=1S/C18H23N3O2.C2H6/c1-11(5-12(2)19)9-22-14-3-4-15-16-7-18(20)21-8-13(16)10-23-17(15)6-14;1-2/h3-4,6-8,11-12H,5,9-10,19H2,1-2H3,(H2,20,21);1-2H3. The predicted molar refractivity (Wildman–Crippen MR) is 103 cm³/mol. The molecule has 2 unspecified atom stereocenters. The summed E-state index contributed by atoms with van der Waals surface area (Å²) in [5, 5.41) is 0. The largest absolute Gasteiger partial charge is 0.493 e. The minimum atomic E-state index is 0.191. The Hall–Kier alpha value is -2.27. The fraction of sp³-hybridized carbons (Fsp3) is 0.450. The van der Waals surface area contributed by atoms with E-state index in [1.807, 2.05) is 45.0 Å². The minimum Gasteiger partial charge on any atom is -0.493 e. The number of benzene rings is 1. The average Bonchev–Trinajstić information content (AvgIpc) is 2.60. The monoisotopic (exact) mass is 343 g/mol. The van der Waals surface area contributed by atoms with Crippen LogP contribution < -0.4 is 20.9 Å². The van der Waals surface area contributed by atoms with Crippen molar-refractivity contribution < 1.29 is 9.47 Å². The summed E-state index contributed by atoms with van der Waals surface area (Å²) in [6, 6.07) is 8.00. The van der Waals surface area contributed by atoms with E-state index in [2.05, 4.69) is 11.9 Å². The summed E-state index contributed by atoms with van der Waals surface area (Å²) in [4.78, 5) is 4.12. The fourth-order valence-corrected chi connectivity index (χ4v) is 2.90. The van der Waals surface area contributed by atoms with Gasteiger partial charge >= 0.3 is 0 Å². The third kappa shape index (κ3) is 4.86. The summed E-state index contributed by atoms with van der Waals surface area (Å²) in [6.07, 6.45) is 2.72. The van der Waals surface area contributed by atoms with Crippen molar-refractivity contribution in [1.29, 1.82) is 0 Å². The van der Waals surface area contributed by atoms with E-state index in [0.717, 1.165) is 34.6 Å². The molecule has 0 amide bonds. The normalized spacial score (nSPS) is 14.1. The Morgan fingerprint density at radius 1 is 1.20 bits per heavy atom. The van der Waals surface area contributed by atoms with Crippen LogP contribution in [-0.4, -0.2) is 17.6 Å². The van der Waals surface area contributed by atoms with Crippen LogP contribution in [-0.2, 0) is 6.61 Å². The second-order valence-electron chi connectivity index (χ2n) is 6.34. The molecule has 1 aliphatic rings. The number of pyridine rings is 1. The Bertz CT molecular complexity index is 701. The van der Waals surface area contributed by atoms with Crippen molar-refractivity contribution in [3.63, 3.8) is 0 Å². The molecule has 5 heteroatoms. The molecule has 0 saturated heterocycles. The first kappa shape index (κ1) is 19.1. The number of nitrogens with zero attached hydrogens (tertiary/aromatic N) is 1. The molecule has 0 saturated carbocycles. The smallest absolute Gasteiger partial charge is 0.131 e. The third-order valence-electron chi connectivity index (χ3n) is 3.94. The highest BCUT2D eigenvalue weighted by Gasteiger charge is 2.19. The molecule has 0 spiro atoms. The molecule has 4 N–H and O–H groups in total. The van der Waals surface area contributed by atoms with Gasteiger partial charge in [-0.15, -0.1) is 0 Å². The van der Waals surface area contributed by atoms with Crippen LogP contribution in [0.15, 0.2) is 30.5 Å². The van der Waals surface area contributed by atoms with Crippen molar-refractivity contribution in [3.8, 4) is 22.6 Å². The quantitative estimate of drug-likeness (QED) is 0.857. The van der Waals surface area contributed by atoms with Crippen LogP contribution in [0.4, 0.5) is 5.82 Å². The number of hydrogen-bond donors (Lipinski definition) is 2. The van der Waals surface area contributed by atoms with Crippen molar-refractivity contribution in [2.45, 2.75) is 46.8 Å². The first-order valence-electron chi connectivity index (χ1n) is 8.93. The van der Waals surface area contributed by atoms with Gasteiger partial charge in [0, 0.05) is 29.4 Å². The van der Waals surface area contributed by atoms with Gasteiger partial charge in [0.2, 0.25) is 0 Å². The summed E-state index contributed by atoms with van der Waals surface area (Å²) >= 11 is 0. The van der Waals surface area contributed by atoms with Gasteiger partial charge in [-0.2, -0.15) is 0 Å². The van der Waals surface area contributed by atoms with Gasteiger partial charge in [0.15, 0.2) is 0 Å². The number of nitrogen functional groups attached to an aromatic ring is 1. The molecule has 0 fully saturated rings. The van der Waals surface area contributed by atoms with Gasteiger partial charge in [-0.25, -0.2) is 4.98 Å². The number of hydrogen-bond acceptors (Lipinski definition) is 5. The van der Waals surface area contributed by atoms with Crippen molar-refractivity contribution in [2.24, 2.45) is 11.7 Å². The molecule has 2 atom stereocenters. The van der Waals surface area contributed by atoms with E-state index in [0.29, 0.717) is 24.9 Å². The maximum absolute atomic E-state index is 5.87. The van der Waals surface area contributed by atoms with Gasteiger partial charge < -0.3 is 20.9 Å². The van der Waals surface area contributed by atoms with E-state index in [1.54, 1.807) is 6.20 Å². The molecule has 3 rings (SSSR count). The number of ether oxygens (including phenoxy) is 2. The third-order valence-corrected chi connectivity index (χ3v) is 3.94. The zero-order valence-electron chi connectivity index (χ0n) is 15.6. The second-order valence-corrected chi connectivity index (χ2v) is 6.34. The van der Waals surface area contributed by atoms with Crippen molar-refractivity contribution in [3.05, 3.63) is 36.0 Å². The van der Waals surface area contributed by atoms with E-state index in [1.165, 1.54) is 0 Å². The van der Waals surface area contributed by atoms with Crippen molar-refractivity contribution in [1.82, 2.24) is 4.98 Å². The lowest BCUT2D eigenvalue weighted by Gasteiger charge is -2.22. The number of fused-ring (bicyclic) bond motifs is 3. The Morgan fingerprint density at radius 3 is 2.68 bits per heavy atom. The maximum atomic E-state index is 5.87. The number of aromatic nitrogens is 1. The first-order chi connectivity index (χ1) is 12.0. The number of rotatable bonds is 5. The zero-order valence-corrected chi connectivity index (χ0v) is 15.6. The van der Waals surface area contributed by atoms with Crippen LogP contribution in [0.1, 0.15) is 39.7 Å². The van der Waals surface area contributed by atoms with E-state index < -0.39 is 0 Å². The lowest BCUT2D eigenvalue weighted by molar-refractivity contribution is 0.243. The Balaban J connectivity index is 0.00000109. The molecule has 136 valence electrons. The highest BCUT2D eigenvalue weighted by atomic mass is 16.5. The van der Waals surface area contributed by atoms with Gasteiger partial charge in [0.1, 0.15) is 23.9 Å². The number of nitrogens with two attached hydrogens (primary N) is 2. The highest BCUT2D eigenvalue weighted by Crippen LogP contribution is 2.39. The van der Waals surface area contributed by atoms with Crippen LogP contribution in [0.25, 0.3) is 11.1 Å². The molecule has 2 heterocycles. The maximum Gasteiger partial charge on any atom is 0.131 e. The average molecular weight is 343 g/mol. The lowest BCUT2D eigenvalue weighted by atomic mass is 9.98. The Morgan fingerprint density at radius 2 is 1.96 bits per heavy atom. The van der Waals surface area contributed by atoms with E-state index in [-0.39, 0.29) is 6.04 Å². The van der Waals surface area contributed by atoms with Gasteiger partial charge in [0.25, 0.3) is 0 Å². The van der Waals surface area contributed by atoms with Crippen LogP contribution in [0.2, 0.25) is 0 Å². The number of anilines is 1. The molecule has 0 radical (unpaired) electrons. The SMILES string of the molecule is CC.CC(N)CC(C)COc1ccc2c(c1)OCc1cnc(N)cc1-2. The summed E-state index contributed by atoms with van der Waals surface area (Å²) in [7, 11) is 0. The molecule has 1 aromatic heterocycles. The Kier molecular flexibility index (Phi) is 6.65. The highest BCUT2D eigenvalue weighted by molar-refractivity contribution is 5.77. The molecule has 1 aromatic carbocycles. The lowest BCUT2D eigenvalue weighted by Crippen LogP contribution is -2.21. The topological polar surface area (TPSA) is 83.4 Å². The molecule has 0 bridgehead atoms. The molecule has 25 heavy (non-hydrogen) atoms. The van der Waals surface area contributed by atoms with E-state index >= 15 is 0 Å². The van der Waals surface area contributed by atoms with Gasteiger partial charge in [0.05, 0.1) is 6.61 Å². The Labute approximate surface area is 150 Å². The molecule has 0 aliphatic carbocycles. The van der Waals surface area contributed by atoms with Crippen molar-refractivity contribution >= 4 is 5.82 Å².